The van der Waals surface area contributed by atoms with Gasteiger partial charge >= 0.3 is 11.7 Å². The summed E-state index contributed by atoms with van der Waals surface area (Å²) in [7, 11) is 0. The van der Waals surface area contributed by atoms with Gasteiger partial charge in [0.1, 0.15) is 6.10 Å². The number of Topliss-reactive ketones (excluding diaryl/α,β-unsaturated/α-hetero) is 1. The highest BCUT2D eigenvalue weighted by atomic mass is 16.6. The first-order valence-electron chi connectivity index (χ1n) is 10.3. The molecular formula is C21H29NO5. The van der Waals surface area contributed by atoms with Crippen LogP contribution in [0, 0.1) is 38.7 Å². The number of nitro groups is 1. The van der Waals surface area contributed by atoms with Gasteiger partial charge in [-0.3, -0.25) is 19.7 Å². The van der Waals surface area contributed by atoms with E-state index < -0.39 is 4.92 Å². The molecule has 0 aliphatic heterocycles. The van der Waals surface area contributed by atoms with E-state index in [1.54, 1.807) is 0 Å². The summed E-state index contributed by atoms with van der Waals surface area (Å²) < 4.78 is 5.68. The lowest BCUT2D eigenvalue weighted by molar-refractivity contribution is -0.422. The molecule has 0 heterocycles. The molecule has 0 saturated heterocycles. The molecule has 0 aromatic heterocycles. The summed E-state index contributed by atoms with van der Waals surface area (Å²) in [5.41, 5.74) is 0.476. The zero-order valence-corrected chi connectivity index (χ0v) is 16.5. The fourth-order valence-corrected chi connectivity index (χ4v) is 7.24. The molecule has 0 spiro atoms. The van der Waals surface area contributed by atoms with Crippen molar-refractivity contribution in [1.82, 2.24) is 0 Å². The maximum atomic E-state index is 12.2. The van der Waals surface area contributed by atoms with Crippen LogP contribution in [0.15, 0.2) is 11.3 Å². The number of rotatable bonds is 2. The Balaban J connectivity index is 1.68. The van der Waals surface area contributed by atoms with Gasteiger partial charge in [-0.05, 0) is 68.1 Å². The Labute approximate surface area is 159 Å². The van der Waals surface area contributed by atoms with Gasteiger partial charge in [-0.15, -0.1) is 0 Å². The van der Waals surface area contributed by atoms with E-state index in [0.717, 1.165) is 44.1 Å². The molecule has 0 radical (unpaired) electrons. The Morgan fingerprint density at radius 2 is 1.85 bits per heavy atom. The topological polar surface area (TPSA) is 86.5 Å². The molecule has 0 unspecified atom stereocenters. The van der Waals surface area contributed by atoms with Crippen molar-refractivity contribution in [2.75, 3.05) is 0 Å². The van der Waals surface area contributed by atoms with E-state index in [0.29, 0.717) is 24.2 Å². The van der Waals surface area contributed by atoms with Gasteiger partial charge in [-0.1, -0.05) is 13.8 Å². The molecule has 3 fully saturated rings. The van der Waals surface area contributed by atoms with Gasteiger partial charge in [0, 0.05) is 24.3 Å². The van der Waals surface area contributed by atoms with Crippen molar-refractivity contribution in [3.8, 4) is 0 Å². The molecular weight excluding hydrogens is 346 g/mol. The van der Waals surface area contributed by atoms with Crippen LogP contribution in [0.5, 0.6) is 0 Å². The maximum absolute atomic E-state index is 12.2. The number of ketones is 1. The van der Waals surface area contributed by atoms with Gasteiger partial charge in [0.05, 0.1) is 4.92 Å². The van der Waals surface area contributed by atoms with E-state index in [9.17, 15) is 19.7 Å². The lowest BCUT2D eigenvalue weighted by atomic mass is 9.47. The SMILES string of the molecule is CC(=O)O[C@H]1CC[C@H]2[C@@H]3CCC4=C([N+](=O)[O-])C(=O)CC[C@]4(C)[C@H]3CC[C@]12C. The number of esters is 1. The summed E-state index contributed by atoms with van der Waals surface area (Å²) in [6, 6.07) is 0. The largest absolute Gasteiger partial charge is 0.462 e. The zero-order chi connectivity index (χ0) is 19.6. The maximum Gasteiger partial charge on any atom is 0.311 e. The van der Waals surface area contributed by atoms with Crippen LogP contribution in [0.4, 0.5) is 0 Å². The average Bonchev–Trinajstić information content (AvgIpc) is 2.91. The number of carbonyl (C=O) groups is 2. The minimum Gasteiger partial charge on any atom is -0.462 e. The van der Waals surface area contributed by atoms with Gasteiger partial charge < -0.3 is 4.74 Å². The fourth-order valence-electron chi connectivity index (χ4n) is 7.24. The van der Waals surface area contributed by atoms with E-state index >= 15 is 0 Å². The van der Waals surface area contributed by atoms with E-state index in [1.165, 1.54) is 6.92 Å². The molecule has 27 heavy (non-hydrogen) atoms. The molecule has 0 aromatic rings. The Hall–Kier alpha value is -1.72. The van der Waals surface area contributed by atoms with Crippen LogP contribution in [0.3, 0.4) is 0 Å². The first-order valence-corrected chi connectivity index (χ1v) is 10.3. The standard InChI is InChI=1S/C21H29NO5/c1-12(23)27-18-7-6-14-13-4-5-16-19(22(25)26)17(24)9-11-20(16,2)15(13)8-10-21(14,18)3/h13-15,18H,4-11H2,1-3H3/t13-,14-,15-,18-,20+,21-/m0/s1. The molecule has 0 amide bonds. The summed E-state index contributed by atoms with van der Waals surface area (Å²) in [5.74, 6) is 0.891. The zero-order valence-electron chi connectivity index (χ0n) is 16.5. The normalized spacial score (nSPS) is 43.6. The number of fused-ring (bicyclic) bond motifs is 5. The summed E-state index contributed by atoms with van der Waals surface area (Å²) in [4.78, 5) is 34.9. The van der Waals surface area contributed by atoms with Crippen molar-refractivity contribution in [3.63, 3.8) is 0 Å². The Morgan fingerprint density at radius 3 is 2.52 bits per heavy atom. The smallest absolute Gasteiger partial charge is 0.311 e. The minimum atomic E-state index is -0.436. The molecule has 4 aliphatic carbocycles. The lowest BCUT2D eigenvalue weighted by Gasteiger charge is -2.57. The van der Waals surface area contributed by atoms with Crippen LogP contribution in [0.2, 0.25) is 0 Å². The minimum absolute atomic E-state index is 0.00651. The molecule has 0 bridgehead atoms. The summed E-state index contributed by atoms with van der Waals surface area (Å²) >= 11 is 0. The average molecular weight is 375 g/mol. The van der Waals surface area contributed by atoms with Crippen LogP contribution in [-0.4, -0.2) is 22.8 Å². The molecule has 3 saturated carbocycles. The van der Waals surface area contributed by atoms with Crippen molar-refractivity contribution in [3.05, 3.63) is 21.4 Å². The number of ether oxygens (including phenoxy) is 1. The summed E-state index contributed by atoms with van der Waals surface area (Å²) in [6.07, 6.45) is 6.54. The first-order chi connectivity index (χ1) is 12.7. The van der Waals surface area contributed by atoms with Gasteiger partial charge in [-0.25, -0.2) is 0 Å². The number of carbonyl (C=O) groups excluding carboxylic acids is 2. The third-order valence-electron chi connectivity index (χ3n) is 8.50. The van der Waals surface area contributed by atoms with Crippen LogP contribution >= 0.6 is 0 Å². The Morgan fingerprint density at radius 1 is 1.11 bits per heavy atom. The number of hydrogen-bond donors (Lipinski definition) is 0. The lowest BCUT2D eigenvalue weighted by Crippen LogP contribution is -2.52. The highest BCUT2D eigenvalue weighted by Gasteiger charge is 2.61. The molecule has 6 heteroatoms. The highest BCUT2D eigenvalue weighted by molar-refractivity contribution is 5.95. The van der Waals surface area contributed by atoms with E-state index in [1.807, 2.05) is 0 Å². The Bertz CT molecular complexity index is 743. The van der Waals surface area contributed by atoms with Crippen LogP contribution in [0.25, 0.3) is 0 Å². The van der Waals surface area contributed by atoms with Crippen molar-refractivity contribution in [2.24, 2.45) is 28.6 Å². The number of nitrogens with zero attached hydrogens (tertiary/aromatic N) is 1. The fraction of sp³-hybridized carbons (Fsp3) is 0.810. The molecule has 148 valence electrons. The Kier molecular flexibility index (Phi) is 4.24. The first kappa shape index (κ1) is 18.6. The highest BCUT2D eigenvalue weighted by Crippen LogP contribution is 2.66. The molecule has 4 aliphatic rings. The molecule has 6 nitrogen and oxygen atoms in total. The van der Waals surface area contributed by atoms with E-state index in [2.05, 4.69) is 13.8 Å². The molecule has 0 aromatic carbocycles. The van der Waals surface area contributed by atoms with Crippen LogP contribution in [-0.2, 0) is 14.3 Å². The second-order valence-corrected chi connectivity index (χ2v) is 9.56. The van der Waals surface area contributed by atoms with E-state index in [4.69, 9.17) is 4.74 Å². The van der Waals surface area contributed by atoms with Crippen LogP contribution < -0.4 is 0 Å². The van der Waals surface area contributed by atoms with Crippen molar-refractivity contribution in [1.29, 1.82) is 0 Å². The predicted octanol–water partition coefficient (Wildman–Crippen LogP) is 4.05. The predicted molar refractivity (Wildman–Crippen MR) is 98.2 cm³/mol. The number of allylic oxidation sites excluding steroid dienone is 1. The quantitative estimate of drug-likeness (QED) is 0.413. The number of hydrogen-bond acceptors (Lipinski definition) is 5. The molecule has 4 rings (SSSR count). The van der Waals surface area contributed by atoms with Crippen molar-refractivity contribution in [2.45, 2.75) is 78.2 Å². The third kappa shape index (κ3) is 2.59. The summed E-state index contributed by atoms with van der Waals surface area (Å²) in [5, 5.41) is 11.6. The van der Waals surface area contributed by atoms with Crippen molar-refractivity contribution < 1.29 is 19.2 Å². The molecule has 6 atom stereocenters. The van der Waals surface area contributed by atoms with Gasteiger partial charge in [0.2, 0.25) is 5.78 Å². The van der Waals surface area contributed by atoms with Crippen LogP contribution in [0.1, 0.15) is 72.1 Å². The van der Waals surface area contributed by atoms with E-state index in [-0.39, 0.29) is 40.8 Å². The van der Waals surface area contributed by atoms with Gasteiger partial charge in [0.15, 0.2) is 0 Å². The van der Waals surface area contributed by atoms with Crippen molar-refractivity contribution >= 4 is 11.8 Å². The summed E-state index contributed by atoms with van der Waals surface area (Å²) in [6.45, 7) is 5.92. The third-order valence-corrected chi connectivity index (χ3v) is 8.50. The second-order valence-electron chi connectivity index (χ2n) is 9.56. The van der Waals surface area contributed by atoms with Gasteiger partial charge in [-0.2, -0.15) is 0 Å². The monoisotopic (exact) mass is 375 g/mol. The second kappa shape index (κ2) is 6.14. The van der Waals surface area contributed by atoms with Gasteiger partial charge in [0.25, 0.3) is 0 Å². The molecule has 0 N–H and O–H groups in total.